The van der Waals surface area contributed by atoms with E-state index in [0.717, 1.165) is 102 Å². The Hall–Kier alpha value is -1.94. The van der Waals surface area contributed by atoms with Gasteiger partial charge in [0.2, 0.25) is 0 Å². The van der Waals surface area contributed by atoms with Crippen LogP contribution >= 0.6 is 15.6 Å². The Morgan fingerprint density at radius 3 is 0.768 bits per heavy atom. The average Bonchev–Trinajstić information content (AvgIpc) is 1.58. The number of unbranched alkanes of at least 4 members (excludes halogenated alkanes) is 48. The SMILES string of the molecule is CCCCCCCCCCCCCCCCCCCC(=O)OC[C@H](COP(=O)(O)OC[C@@H](O)COP(=O)(O)OC[C@@H](COC(=O)CCCCCCCCCCC)OC(=O)CCCCCCCCCCCCC(C)CC)OC(=O)CCCCCCCCCCCCCCCCCCC(C)C. The van der Waals surface area contributed by atoms with E-state index in [1.165, 1.54) is 238 Å². The smallest absolute Gasteiger partial charge is 0.462 e. The van der Waals surface area contributed by atoms with E-state index >= 15 is 0 Å². The molecule has 0 aromatic rings. The number of ether oxygens (including phenoxy) is 4. The summed E-state index contributed by atoms with van der Waals surface area (Å²) in [6.07, 6.45) is 61.0. The summed E-state index contributed by atoms with van der Waals surface area (Å²) in [5.41, 5.74) is 0. The molecule has 0 radical (unpaired) electrons. The van der Waals surface area contributed by atoms with E-state index < -0.39 is 97.5 Å². The van der Waals surface area contributed by atoms with E-state index in [0.29, 0.717) is 25.7 Å². The maximum atomic E-state index is 13.1. The molecule has 0 heterocycles. The van der Waals surface area contributed by atoms with Crippen LogP contribution in [0, 0.1) is 11.8 Å². The van der Waals surface area contributed by atoms with E-state index in [1.807, 2.05) is 0 Å². The van der Waals surface area contributed by atoms with Gasteiger partial charge in [-0.15, -0.1) is 0 Å². The van der Waals surface area contributed by atoms with Gasteiger partial charge in [-0.2, -0.15) is 0 Å². The molecule has 0 rings (SSSR count). The Kier molecular flexibility index (Phi) is 70.3. The van der Waals surface area contributed by atoms with Gasteiger partial charge in [0.05, 0.1) is 26.4 Å². The van der Waals surface area contributed by atoms with E-state index in [9.17, 15) is 43.2 Å². The summed E-state index contributed by atoms with van der Waals surface area (Å²) in [5.74, 6) is -0.498. The first-order chi connectivity index (χ1) is 47.9. The molecule has 17 nitrogen and oxygen atoms in total. The second-order valence-electron chi connectivity index (χ2n) is 29.5. The second kappa shape index (κ2) is 71.7. The first-order valence-electron chi connectivity index (χ1n) is 41.5. The number of phosphoric acid groups is 2. The minimum Gasteiger partial charge on any atom is -0.462 e. The van der Waals surface area contributed by atoms with Crippen LogP contribution in [0.2, 0.25) is 0 Å². The molecule has 0 aromatic heterocycles. The Morgan fingerprint density at radius 2 is 0.515 bits per heavy atom. The molecule has 3 unspecified atom stereocenters. The molecule has 19 heteroatoms. The summed E-state index contributed by atoms with van der Waals surface area (Å²) in [4.78, 5) is 72.9. The van der Waals surface area contributed by atoms with Gasteiger partial charge in [0.15, 0.2) is 12.2 Å². The molecule has 0 spiro atoms. The van der Waals surface area contributed by atoms with Crippen molar-refractivity contribution >= 4 is 39.5 Å². The van der Waals surface area contributed by atoms with Gasteiger partial charge < -0.3 is 33.8 Å². The third-order valence-electron chi connectivity index (χ3n) is 19.1. The van der Waals surface area contributed by atoms with Gasteiger partial charge in [-0.3, -0.25) is 37.3 Å². The lowest BCUT2D eigenvalue weighted by molar-refractivity contribution is -0.161. The number of hydrogen-bond acceptors (Lipinski definition) is 15. The molecule has 0 saturated heterocycles. The third kappa shape index (κ3) is 72.8. The monoisotopic (exact) mass is 1450 g/mol. The summed E-state index contributed by atoms with van der Waals surface area (Å²) in [6.45, 7) is 9.67. The quantitative estimate of drug-likeness (QED) is 0.0222. The third-order valence-corrected chi connectivity index (χ3v) is 21.0. The highest BCUT2D eigenvalue weighted by atomic mass is 31.2. The zero-order valence-electron chi connectivity index (χ0n) is 64.8. The molecule has 0 aliphatic carbocycles. The van der Waals surface area contributed by atoms with E-state index in [2.05, 4.69) is 41.5 Å². The Labute approximate surface area is 607 Å². The first kappa shape index (κ1) is 97.1. The lowest BCUT2D eigenvalue weighted by Gasteiger charge is -2.21. The zero-order chi connectivity index (χ0) is 72.8. The molecule has 0 aliphatic rings. The molecule has 0 saturated carbocycles. The van der Waals surface area contributed by atoms with Crippen molar-refractivity contribution in [2.45, 2.75) is 439 Å². The van der Waals surface area contributed by atoms with Crippen molar-refractivity contribution in [2.24, 2.45) is 11.8 Å². The summed E-state index contributed by atoms with van der Waals surface area (Å²) < 4.78 is 68.7. The second-order valence-corrected chi connectivity index (χ2v) is 32.4. The fourth-order valence-electron chi connectivity index (χ4n) is 12.3. The summed E-state index contributed by atoms with van der Waals surface area (Å²) in [5, 5.41) is 10.6. The number of carbonyl (C=O) groups excluding carboxylic acids is 4. The zero-order valence-corrected chi connectivity index (χ0v) is 66.6. The average molecular weight is 1450 g/mol. The van der Waals surface area contributed by atoms with Crippen LogP contribution in [0.4, 0.5) is 0 Å². The molecule has 0 amide bonds. The number of aliphatic hydroxyl groups is 1. The van der Waals surface area contributed by atoms with Crippen molar-refractivity contribution in [1.82, 2.24) is 0 Å². The van der Waals surface area contributed by atoms with E-state index in [1.54, 1.807) is 0 Å². The molecule has 99 heavy (non-hydrogen) atoms. The van der Waals surface area contributed by atoms with Crippen LogP contribution in [0.3, 0.4) is 0 Å². The van der Waals surface area contributed by atoms with Crippen LogP contribution in [0.5, 0.6) is 0 Å². The predicted octanol–water partition coefficient (Wildman–Crippen LogP) is 23.9. The largest absolute Gasteiger partial charge is 0.472 e. The van der Waals surface area contributed by atoms with E-state index in [4.69, 9.17) is 37.0 Å². The molecule has 0 aliphatic heterocycles. The number of carbonyl (C=O) groups is 4. The Morgan fingerprint density at radius 1 is 0.293 bits per heavy atom. The van der Waals surface area contributed by atoms with Crippen molar-refractivity contribution in [3.05, 3.63) is 0 Å². The van der Waals surface area contributed by atoms with Gasteiger partial charge in [-0.25, -0.2) is 9.13 Å². The topological polar surface area (TPSA) is 237 Å². The fourth-order valence-corrected chi connectivity index (χ4v) is 13.9. The number of aliphatic hydroxyl groups excluding tert-OH is 1. The van der Waals surface area contributed by atoms with Crippen LogP contribution in [-0.4, -0.2) is 96.7 Å². The summed E-state index contributed by atoms with van der Waals surface area (Å²) >= 11 is 0. The number of phosphoric ester groups is 2. The molecule has 3 N–H and O–H groups in total. The number of esters is 4. The minimum atomic E-state index is -4.96. The maximum absolute atomic E-state index is 13.1. The van der Waals surface area contributed by atoms with Crippen LogP contribution in [-0.2, 0) is 65.4 Å². The highest BCUT2D eigenvalue weighted by Gasteiger charge is 2.30. The van der Waals surface area contributed by atoms with Gasteiger partial charge >= 0.3 is 39.5 Å². The standard InChI is InChI=1S/C80H156O17P2/c1-7-10-12-14-16-18-19-20-21-22-26-29-32-39-45-51-57-63-78(83)91-69-76(96-79(84)64-58-52-46-40-33-30-27-24-23-25-28-31-37-42-48-54-60-72(4)5)71-95-99(88,89)93-67-74(81)66-92-98(86,87)94-70-75(68-90-77(82)62-56-50-44-36-17-15-13-11-8-2)97-80(85)65-59-53-47-41-35-34-38-43-49-55-61-73(6)9-3/h72-76,81H,7-71H2,1-6H3,(H,86,87)(H,88,89)/t73?,74-,75+,76+/m0/s1. The molecular formula is C80H156O17P2. The number of rotatable bonds is 79. The van der Waals surface area contributed by atoms with Crippen LogP contribution in [0.15, 0.2) is 0 Å². The van der Waals surface area contributed by atoms with Gasteiger partial charge in [0.1, 0.15) is 19.3 Å². The number of hydrogen-bond donors (Lipinski definition) is 3. The van der Waals surface area contributed by atoms with Gasteiger partial charge in [0, 0.05) is 25.7 Å². The molecule has 0 bridgehead atoms. The highest BCUT2D eigenvalue weighted by molar-refractivity contribution is 7.47. The van der Waals surface area contributed by atoms with Gasteiger partial charge in [-0.05, 0) is 37.5 Å². The molecule has 0 fully saturated rings. The molecular weight excluding hydrogens is 1290 g/mol. The molecule has 0 aromatic carbocycles. The maximum Gasteiger partial charge on any atom is 0.472 e. The van der Waals surface area contributed by atoms with Crippen molar-refractivity contribution in [3.63, 3.8) is 0 Å². The fraction of sp³-hybridized carbons (Fsp3) is 0.950. The summed E-state index contributed by atoms with van der Waals surface area (Å²) in [6, 6.07) is 0. The first-order valence-corrected chi connectivity index (χ1v) is 44.5. The van der Waals surface area contributed by atoms with Crippen molar-refractivity contribution in [2.75, 3.05) is 39.6 Å². The van der Waals surface area contributed by atoms with Crippen LogP contribution < -0.4 is 0 Å². The molecule has 588 valence electrons. The van der Waals surface area contributed by atoms with Crippen molar-refractivity contribution < 1.29 is 80.2 Å². The Bertz CT molecular complexity index is 1910. The van der Waals surface area contributed by atoms with Gasteiger partial charge in [0.25, 0.3) is 0 Å². The minimum absolute atomic E-state index is 0.106. The normalized spacial score (nSPS) is 14.2. The highest BCUT2D eigenvalue weighted by Crippen LogP contribution is 2.45. The molecule has 6 atom stereocenters. The van der Waals surface area contributed by atoms with Crippen molar-refractivity contribution in [3.8, 4) is 0 Å². The van der Waals surface area contributed by atoms with Crippen LogP contribution in [0.25, 0.3) is 0 Å². The van der Waals surface area contributed by atoms with E-state index in [-0.39, 0.29) is 25.7 Å². The van der Waals surface area contributed by atoms with Gasteiger partial charge in [-0.1, -0.05) is 369 Å². The lowest BCUT2D eigenvalue weighted by Crippen LogP contribution is -2.30. The summed E-state index contributed by atoms with van der Waals surface area (Å²) in [7, 11) is -9.92. The van der Waals surface area contributed by atoms with Crippen LogP contribution in [0.1, 0.15) is 420 Å². The lowest BCUT2D eigenvalue weighted by atomic mass is 9.99. The van der Waals surface area contributed by atoms with Crippen molar-refractivity contribution in [1.29, 1.82) is 0 Å². The predicted molar refractivity (Wildman–Crippen MR) is 405 cm³/mol. The Balaban J connectivity index is 5.23.